The lowest BCUT2D eigenvalue weighted by Gasteiger charge is -2.12. The summed E-state index contributed by atoms with van der Waals surface area (Å²) in [5.74, 6) is 0.371. The minimum Gasteiger partial charge on any atom is -0.347 e. The summed E-state index contributed by atoms with van der Waals surface area (Å²) < 4.78 is 2.22. The molecule has 16 heavy (non-hydrogen) atoms. The van der Waals surface area contributed by atoms with Crippen molar-refractivity contribution in [2.24, 2.45) is 12.8 Å². The van der Waals surface area contributed by atoms with Gasteiger partial charge in [0, 0.05) is 41.1 Å². The molecule has 2 aromatic rings. The quantitative estimate of drug-likeness (QED) is 0.853. The van der Waals surface area contributed by atoms with Crippen molar-refractivity contribution in [3.05, 3.63) is 34.5 Å². The first kappa shape index (κ1) is 11.5. The topological polar surface area (TPSA) is 30.9 Å². The van der Waals surface area contributed by atoms with Crippen LogP contribution in [0.1, 0.15) is 24.1 Å². The second-order valence-electron chi connectivity index (χ2n) is 4.37. The Bertz CT molecular complexity index is 528. The number of benzene rings is 1. The fourth-order valence-electron chi connectivity index (χ4n) is 2.43. The first-order chi connectivity index (χ1) is 7.56. The summed E-state index contributed by atoms with van der Waals surface area (Å²) in [6.45, 7) is 4.96. The highest BCUT2D eigenvalue weighted by Gasteiger charge is 2.16. The lowest BCUT2D eigenvalue weighted by molar-refractivity contribution is 0.697. The highest BCUT2D eigenvalue weighted by molar-refractivity contribution is 6.31. The number of halogens is 1. The van der Waals surface area contributed by atoms with Gasteiger partial charge in [-0.2, -0.15) is 0 Å². The van der Waals surface area contributed by atoms with Crippen LogP contribution in [0.3, 0.4) is 0 Å². The normalized spacial score (nSPS) is 13.3. The third kappa shape index (κ3) is 1.62. The van der Waals surface area contributed by atoms with Crippen LogP contribution < -0.4 is 5.73 Å². The molecule has 1 aromatic carbocycles. The Morgan fingerprint density at radius 3 is 2.75 bits per heavy atom. The lowest BCUT2D eigenvalue weighted by Crippen LogP contribution is -2.13. The van der Waals surface area contributed by atoms with E-state index in [0.717, 1.165) is 5.02 Å². The molecule has 1 aromatic heterocycles. The molecule has 2 rings (SSSR count). The summed E-state index contributed by atoms with van der Waals surface area (Å²) in [6, 6.07) is 6.02. The Balaban J connectivity index is 2.76. The van der Waals surface area contributed by atoms with Gasteiger partial charge in [0.25, 0.3) is 0 Å². The Morgan fingerprint density at radius 2 is 2.12 bits per heavy atom. The van der Waals surface area contributed by atoms with Crippen molar-refractivity contribution in [2.75, 3.05) is 6.54 Å². The van der Waals surface area contributed by atoms with Crippen LogP contribution in [0.5, 0.6) is 0 Å². The molecule has 0 amide bonds. The van der Waals surface area contributed by atoms with Crippen LogP contribution in [-0.4, -0.2) is 11.1 Å². The van der Waals surface area contributed by atoms with E-state index >= 15 is 0 Å². The van der Waals surface area contributed by atoms with Gasteiger partial charge in [-0.1, -0.05) is 18.5 Å². The van der Waals surface area contributed by atoms with Gasteiger partial charge in [-0.3, -0.25) is 0 Å². The fourth-order valence-corrected chi connectivity index (χ4v) is 2.60. The molecule has 2 nitrogen and oxygen atoms in total. The third-order valence-corrected chi connectivity index (χ3v) is 3.52. The van der Waals surface area contributed by atoms with Crippen LogP contribution in [0, 0.1) is 6.92 Å². The van der Waals surface area contributed by atoms with Gasteiger partial charge >= 0.3 is 0 Å². The SMILES string of the molecule is Cc1c(C(C)CN)n(C)c2ccc(Cl)cc12. The molecule has 0 bridgehead atoms. The van der Waals surface area contributed by atoms with Crippen LogP contribution in [0.2, 0.25) is 5.02 Å². The second-order valence-corrected chi connectivity index (χ2v) is 4.80. The average Bonchev–Trinajstić information content (AvgIpc) is 2.51. The highest BCUT2D eigenvalue weighted by atomic mass is 35.5. The molecule has 0 fully saturated rings. The predicted octanol–water partition coefficient (Wildman–Crippen LogP) is 3.20. The molecule has 1 atom stereocenters. The Kier molecular flexibility index (Phi) is 2.96. The summed E-state index contributed by atoms with van der Waals surface area (Å²) in [5.41, 5.74) is 9.57. The van der Waals surface area contributed by atoms with Gasteiger partial charge in [0.1, 0.15) is 0 Å². The van der Waals surface area contributed by atoms with Gasteiger partial charge in [0.05, 0.1) is 0 Å². The van der Waals surface area contributed by atoms with Gasteiger partial charge < -0.3 is 10.3 Å². The zero-order valence-corrected chi connectivity index (χ0v) is 10.7. The summed E-state index contributed by atoms with van der Waals surface area (Å²) in [5, 5.41) is 2.01. The van der Waals surface area contributed by atoms with Crippen molar-refractivity contribution in [3.63, 3.8) is 0 Å². The molecule has 0 saturated carbocycles. The van der Waals surface area contributed by atoms with E-state index in [4.69, 9.17) is 17.3 Å². The molecule has 0 aliphatic rings. The minimum atomic E-state index is 0.371. The van der Waals surface area contributed by atoms with E-state index in [1.165, 1.54) is 22.2 Å². The van der Waals surface area contributed by atoms with Crippen molar-refractivity contribution in [1.29, 1.82) is 0 Å². The Labute approximate surface area is 101 Å². The minimum absolute atomic E-state index is 0.371. The van der Waals surface area contributed by atoms with E-state index in [0.29, 0.717) is 12.5 Å². The second kappa shape index (κ2) is 4.11. The molecule has 1 unspecified atom stereocenters. The lowest BCUT2D eigenvalue weighted by atomic mass is 10.0. The van der Waals surface area contributed by atoms with E-state index in [1.54, 1.807) is 0 Å². The number of nitrogens with two attached hydrogens (primary N) is 1. The van der Waals surface area contributed by atoms with E-state index < -0.39 is 0 Å². The monoisotopic (exact) mass is 236 g/mol. The van der Waals surface area contributed by atoms with Crippen LogP contribution >= 0.6 is 11.6 Å². The largest absolute Gasteiger partial charge is 0.347 e. The molecule has 0 radical (unpaired) electrons. The highest BCUT2D eigenvalue weighted by Crippen LogP contribution is 2.31. The summed E-state index contributed by atoms with van der Waals surface area (Å²) in [6.07, 6.45) is 0. The number of aromatic nitrogens is 1. The third-order valence-electron chi connectivity index (χ3n) is 3.29. The number of hydrogen-bond acceptors (Lipinski definition) is 1. The summed E-state index contributed by atoms with van der Waals surface area (Å²) in [4.78, 5) is 0. The number of fused-ring (bicyclic) bond motifs is 1. The molecule has 0 spiro atoms. The molecule has 86 valence electrons. The first-order valence-electron chi connectivity index (χ1n) is 5.50. The average molecular weight is 237 g/mol. The van der Waals surface area contributed by atoms with E-state index in [9.17, 15) is 0 Å². The van der Waals surface area contributed by atoms with Gasteiger partial charge in [-0.25, -0.2) is 0 Å². The Hall–Kier alpha value is -0.990. The van der Waals surface area contributed by atoms with E-state index in [-0.39, 0.29) is 0 Å². The molecule has 1 heterocycles. The van der Waals surface area contributed by atoms with E-state index in [2.05, 4.69) is 31.5 Å². The summed E-state index contributed by atoms with van der Waals surface area (Å²) >= 11 is 6.03. The van der Waals surface area contributed by atoms with Gasteiger partial charge in [-0.05, 0) is 30.7 Å². The molecular weight excluding hydrogens is 220 g/mol. The van der Waals surface area contributed by atoms with Crippen LogP contribution in [0.4, 0.5) is 0 Å². The maximum atomic E-state index is 6.03. The van der Waals surface area contributed by atoms with Gasteiger partial charge in [0.2, 0.25) is 0 Å². The van der Waals surface area contributed by atoms with Gasteiger partial charge in [0.15, 0.2) is 0 Å². The van der Waals surface area contributed by atoms with Crippen LogP contribution in [-0.2, 0) is 7.05 Å². The maximum Gasteiger partial charge on any atom is 0.0483 e. The number of rotatable bonds is 2. The Morgan fingerprint density at radius 1 is 1.44 bits per heavy atom. The zero-order valence-electron chi connectivity index (χ0n) is 9.92. The van der Waals surface area contributed by atoms with Crippen LogP contribution in [0.15, 0.2) is 18.2 Å². The maximum absolute atomic E-state index is 6.03. The van der Waals surface area contributed by atoms with Crippen molar-refractivity contribution in [2.45, 2.75) is 19.8 Å². The number of nitrogens with zero attached hydrogens (tertiary/aromatic N) is 1. The van der Waals surface area contributed by atoms with Gasteiger partial charge in [-0.15, -0.1) is 0 Å². The molecular formula is C13H17ClN2. The van der Waals surface area contributed by atoms with E-state index in [1.807, 2.05) is 12.1 Å². The summed E-state index contributed by atoms with van der Waals surface area (Å²) in [7, 11) is 2.09. The molecule has 0 aliphatic carbocycles. The smallest absolute Gasteiger partial charge is 0.0483 e. The zero-order chi connectivity index (χ0) is 11.9. The van der Waals surface area contributed by atoms with Crippen LogP contribution in [0.25, 0.3) is 10.9 Å². The standard InChI is InChI=1S/C13H17ClN2/c1-8(7-15)13-9(2)11-6-10(14)4-5-12(11)16(13)3/h4-6,8H,7,15H2,1-3H3. The van der Waals surface area contributed by atoms with Crippen molar-refractivity contribution in [1.82, 2.24) is 4.57 Å². The van der Waals surface area contributed by atoms with Crippen molar-refractivity contribution >= 4 is 22.5 Å². The number of aryl methyl sites for hydroxylation is 2. The molecule has 0 saturated heterocycles. The first-order valence-corrected chi connectivity index (χ1v) is 5.88. The molecule has 0 aliphatic heterocycles. The van der Waals surface area contributed by atoms with Crippen molar-refractivity contribution in [3.8, 4) is 0 Å². The predicted molar refractivity (Wildman–Crippen MR) is 70.1 cm³/mol. The molecule has 3 heteroatoms. The molecule has 2 N–H and O–H groups in total. The number of hydrogen-bond donors (Lipinski definition) is 1. The fraction of sp³-hybridized carbons (Fsp3) is 0.385. The van der Waals surface area contributed by atoms with Crippen molar-refractivity contribution < 1.29 is 0 Å².